The minimum absolute atomic E-state index is 0.132. The number of rotatable bonds is 0. The van der Waals surface area contributed by atoms with Crippen molar-refractivity contribution in [3.63, 3.8) is 0 Å². The third-order valence-electron chi connectivity index (χ3n) is 1.39. The van der Waals surface area contributed by atoms with E-state index < -0.39 is 0 Å². The smallest absolute Gasteiger partial charge is 0.151 e. The van der Waals surface area contributed by atoms with E-state index in [-0.39, 0.29) is 11.8 Å². The summed E-state index contributed by atoms with van der Waals surface area (Å²) in [4.78, 5) is 14.8. The molecule has 0 saturated heterocycles. The van der Waals surface area contributed by atoms with Gasteiger partial charge in [0.2, 0.25) is 0 Å². The molecule has 0 aliphatic carbocycles. The Kier molecular flexibility index (Phi) is 1.95. The average molecular weight is 126 g/mol. The van der Waals surface area contributed by atoms with E-state index in [0.29, 0.717) is 19.4 Å². The number of hydrogen-bond acceptors (Lipinski definition) is 3. The maximum atomic E-state index is 10.8. The molecule has 0 spiro atoms. The topological polar surface area (TPSA) is 55.4 Å². The van der Waals surface area contributed by atoms with Gasteiger partial charge in [0.15, 0.2) is 5.78 Å². The van der Waals surface area contributed by atoms with Gasteiger partial charge in [-0.2, -0.15) is 0 Å². The second kappa shape index (κ2) is 2.73. The Morgan fingerprint density at radius 1 is 1.78 bits per heavy atom. The number of nitrogens with two attached hydrogens (primary N) is 1. The highest BCUT2D eigenvalue weighted by atomic mass is 16.1. The number of ketones is 1. The van der Waals surface area contributed by atoms with Crippen LogP contribution in [0.25, 0.3) is 0 Å². The minimum atomic E-state index is -0.295. The molecular weight excluding hydrogens is 116 g/mol. The van der Waals surface area contributed by atoms with Gasteiger partial charge in [0.1, 0.15) is 0 Å². The third kappa shape index (κ3) is 1.61. The Balaban J connectivity index is 2.52. The fraction of sp³-hybridized carbons (Fsp3) is 0.667. The van der Waals surface area contributed by atoms with Crippen molar-refractivity contribution in [1.82, 2.24) is 0 Å². The van der Waals surface area contributed by atoms with E-state index in [4.69, 9.17) is 5.73 Å². The summed E-state index contributed by atoms with van der Waals surface area (Å²) in [5.41, 5.74) is 5.44. The lowest BCUT2D eigenvalue weighted by Gasteiger charge is -2.01. The van der Waals surface area contributed by atoms with Gasteiger partial charge in [-0.25, -0.2) is 0 Å². The number of Topliss-reactive ketones (excluding diaryl/α,β-unsaturated/α-hetero) is 1. The normalized spacial score (nSPS) is 28.1. The predicted molar refractivity (Wildman–Crippen MR) is 35.6 cm³/mol. The zero-order valence-electron chi connectivity index (χ0n) is 5.21. The minimum Gasteiger partial charge on any atom is -0.321 e. The molecule has 9 heavy (non-hydrogen) atoms. The highest BCUT2D eigenvalue weighted by molar-refractivity contribution is 5.87. The molecule has 0 radical (unpaired) electrons. The van der Waals surface area contributed by atoms with Gasteiger partial charge in [0, 0.05) is 25.6 Å². The lowest BCUT2D eigenvalue weighted by Crippen LogP contribution is -2.29. The Labute approximate surface area is 54.0 Å². The number of hydrogen-bond donors (Lipinski definition) is 1. The fourth-order valence-corrected chi connectivity index (χ4v) is 0.771. The summed E-state index contributed by atoms with van der Waals surface area (Å²) in [6, 6.07) is -0.295. The fourth-order valence-electron chi connectivity index (χ4n) is 0.771. The summed E-state index contributed by atoms with van der Waals surface area (Å²) in [5.74, 6) is 0.132. The van der Waals surface area contributed by atoms with E-state index >= 15 is 0 Å². The van der Waals surface area contributed by atoms with Gasteiger partial charge < -0.3 is 5.73 Å². The van der Waals surface area contributed by atoms with Crippen molar-refractivity contribution >= 4 is 12.0 Å². The Morgan fingerprint density at radius 3 is 3.33 bits per heavy atom. The van der Waals surface area contributed by atoms with Gasteiger partial charge in [-0.3, -0.25) is 9.79 Å². The van der Waals surface area contributed by atoms with Crippen molar-refractivity contribution in [3.05, 3.63) is 0 Å². The zero-order valence-corrected chi connectivity index (χ0v) is 5.21. The number of carbonyl (C=O) groups excluding carboxylic acids is 1. The molecule has 1 unspecified atom stereocenters. The number of aliphatic imine (C=N–C) groups is 1. The molecule has 0 amide bonds. The van der Waals surface area contributed by atoms with Crippen molar-refractivity contribution in [2.75, 3.05) is 6.54 Å². The highest BCUT2D eigenvalue weighted by Gasteiger charge is 2.12. The average Bonchev–Trinajstić information content (AvgIpc) is 1.99. The second-order valence-corrected chi connectivity index (χ2v) is 2.15. The van der Waals surface area contributed by atoms with Gasteiger partial charge in [-0.1, -0.05) is 0 Å². The van der Waals surface area contributed by atoms with Crippen molar-refractivity contribution in [3.8, 4) is 0 Å². The van der Waals surface area contributed by atoms with Gasteiger partial charge >= 0.3 is 0 Å². The van der Waals surface area contributed by atoms with Crippen LogP contribution in [-0.4, -0.2) is 24.6 Å². The van der Waals surface area contributed by atoms with Gasteiger partial charge in [-0.15, -0.1) is 0 Å². The van der Waals surface area contributed by atoms with Crippen LogP contribution >= 0.6 is 0 Å². The molecule has 1 aliphatic heterocycles. The van der Waals surface area contributed by atoms with Crippen LogP contribution in [0.15, 0.2) is 4.99 Å². The maximum Gasteiger partial charge on any atom is 0.151 e. The second-order valence-electron chi connectivity index (χ2n) is 2.15. The van der Waals surface area contributed by atoms with E-state index in [0.717, 1.165) is 0 Å². The van der Waals surface area contributed by atoms with Crippen molar-refractivity contribution in [2.45, 2.75) is 18.9 Å². The van der Waals surface area contributed by atoms with E-state index in [2.05, 4.69) is 4.99 Å². The molecule has 1 atom stereocenters. The Hall–Kier alpha value is -0.700. The maximum absolute atomic E-state index is 10.8. The molecule has 3 heteroatoms. The molecule has 2 N–H and O–H groups in total. The van der Waals surface area contributed by atoms with Gasteiger partial charge in [-0.05, 0) is 0 Å². The van der Waals surface area contributed by atoms with Gasteiger partial charge in [0.25, 0.3) is 0 Å². The van der Waals surface area contributed by atoms with E-state index in [9.17, 15) is 4.79 Å². The molecule has 0 aromatic carbocycles. The first-order valence-corrected chi connectivity index (χ1v) is 3.07. The summed E-state index contributed by atoms with van der Waals surface area (Å²) >= 11 is 0. The van der Waals surface area contributed by atoms with Crippen LogP contribution in [0.1, 0.15) is 12.8 Å². The van der Waals surface area contributed by atoms with E-state index in [1.54, 1.807) is 6.21 Å². The first-order chi connectivity index (χ1) is 4.30. The summed E-state index contributed by atoms with van der Waals surface area (Å²) in [6.45, 7) is 0.618. The van der Waals surface area contributed by atoms with E-state index in [1.165, 1.54) is 0 Å². The lowest BCUT2D eigenvalue weighted by molar-refractivity contribution is -0.119. The monoisotopic (exact) mass is 126 g/mol. The summed E-state index contributed by atoms with van der Waals surface area (Å²) in [7, 11) is 0. The number of nitrogens with zero attached hydrogens (tertiary/aromatic N) is 1. The molecule has 0 fully saturated rings. The Bertz CT molecular complexity index is 142. The summed E-state index contributed by atoms with van der Waals surface area (Å²) in [5, 5.41) is 0. The van der Waals surface area contributed by atoms with Crippen LogP contribution in [0, 0.1) is 0 Å². The van der Waals surface area contributed by atoms with Crippen LogP contribution < -0.4 is 5.73 Å². The first kappa shape index (κ1) is 6.42. The zero-order chi connectivity index (χ0) is 6.69. The summed E-state index contributed by atoms with van der Waals surface area (Å²) in [6.07, 6.45) is 2.85. The van der Waals surface area contributed by atoms with Crippen molar-refractivity contribution in [1.29, 1.82) is 0 Å². The highest BCUT2D eigenvalue weighted by Crippen LogP contribution is 1.97. The summed E-state index contributed by atoms with van der Waals surface area (Å²) < 4.78 is 0. The third-order valence-corrected chi connectivity index (χ3v) is 1.39. The molecule has 0 aromatic rings. The van der Waals surface area contributed by atoms with Crippen LogP contribution in [0.4, 0.5) is 0 Å². The Morgan fingerprint density at radius 2 is 2.56 bits per heavy atom. The quantitative estimate of drug-likeness (QED) is 0.486. The van der Waals surface area contributed by atoms with Gasteiger partial charge in [0.05, 0.1) is 6.04 Å². The largest absolute Gasteiger partial charge is 0.321 e. The SMILES string of the molecule is NC1CC=NCCC1=O. The standard InChI is InChI=1S/C6H10N2O/c7-5-1-3-8-4-2-6(5)9/h3,5H,1-2,4,7H2. The van der Waals surface area contributed by atoms with Crippen molar-refractivity contribution in [2.24, 2.45) is 10.7 Å². The molecule has 3 nitrogen and oxygen atoms in total. The molecule has 1 aliphatic rings. The number of carbonyl (C=O) groups is 1. The molecule has 1 heterocycles. The lowest BCUT2D eigenvalue weighted by atomic mass is 10.1. The molecule has 0 aromatic heterocycles. The molecule has 1 rings (SSSR count). The molecule has 0 saturated carbocycles. The van der Waals surface area contributed by atoms with Crippen LogP contribution in [0.3, 0.4) is 0 Å². The predicted octanol–water partition coefficient (Wildman–Crippen LogP) is -0.253. The first-order valence-electron chi connectivity index (χ1n) is 3.07. The molecular formula is C6H10N2O. The molecule has 50 valence electrons. The molecule has 0 bridgehead atoms. The van der Waals surface area contributed by atoms with E-state index in [1.807, 2.05) is 0 Å². The van der Waals surface area contributed by atoms with Crippen molar-refractivity contribution < 1.29 is 4.79 Å². The van der Waals surface area contributed by atoms with Crippen LogP contribution in [0.2, 0.25) is 0 Å². The van der Waals surface area contributed by atoms with Crippen LogP contribution in [0.5, 0.6) is 0 Å². The van der Waals surface area contributed by atoms with Crippen LogP contribution in [-0.2, 0) is 4.79 Å².